The third kappa shape index (κ3) is 3.76. The number of carbonyl (C=O) groups is 2. The molecule has 1 aliphatic rings. The van der Waals surface area contributed by atoms with Crippen molar-refractivity contribution in [3.63, 3.8) is 0 Å². The molecule has 1 aromatic rings. The SMILES string of the molecule is CN(Cc1ccc(Cl)c(F)c1)C(=O)C=C1OC(C)(C)OC1=O. The lowest BCUT2D eigenvalue weighted by Crippen LogP contribution is -2.25. The molecule has 1 heterocycles. The number of hydrogen-bond acceptors (Lipinski definition) is 4. The summed E-state index contributed by atoms with van der Waals surface area (Å²) < 4.78 is 23.5. The summed E-state index contributed by atoms with van der Waals surface area (Å²) in [6.07, 6.45) is 1.06. The normalized spacial score (nSPS) is 18.0. The summed E-state index contributed by atoms with van der Waals surface area (Å²) in [5.41, 5.74) is 0.575. The highest BCUT2D eigenvalue weighted by atomic mass is 35.5. The van der Waals surface area contributed by atoms with Crippen LogP contribution >= 0.6 is 11.6 Å². The Morgan fingerprint density at radius 1 is 1.41 bits per heavy atom. The molecule has 0 N–H and O–H groups in total. The van der Waals surface area contributed by atoms with Gasteiger partial charge < -0.3 is 14.4 Å². The number of rotatable bonds is 3. The number of benzene rings is 1. The van der Waals surface area contributed by atoms with Crippen LogP contribution in [0.4, 0.5) is 4.39 Å². The number of cyclic esters (lactones) is 1. The van der Waals surface area contributed by atoms with Crippen molar-refractivity contribution in [2.45, 2.75) is 26.2 Å². The zero-order valence-electron chi connectivity index (χ0n) is 12.4. The van der Waals surface area contributed by atoms with Crippen LogP contribution in [0.5, 0.6) is 0 Å². The van der Waals surface area contributed by atoms with Gasteiger partial charge in [-0.05, 0) is 17.7 Å². The maximum Gasteiger partial charge on any atom is 0.377 e. The van der Waals surface area contributed by atoms with Crippen LogP contribution in [-0.2, 0) is 25.6 Å². The highest BCUT2D eigenvalue weighted by Gasteiger charge is 2.37. The van der Waals surface area contributed by atoms with Crippen LogP contribution in [0, 0.1) is 5.82 Å². The van der Waals surface area contributed by atoms with Gasteiger partial charge >= 0.3 is 5.97 Å². The summed E-state index contributed by atoms with van der Waals surface area (Å²) in [6.45, 7) is 3.29. The van der Waals surface area contributed by atoms with E-state index in [0.717, 1.165) is 6.08 Å². The zero-order chi connectivity index (χ0) is 16.5. The second kappa shape index (κ2) is 5.96. The first-order chi connectivity index (χ1) is 10.2. The molecule has 0 aliphatic carbocycles. The molecule has 0 aromatic heterocycles. The highest BCUT2D eigenvalue weighted by molar-refractivity contribution is 6.30. The third-order valence-electron chi connectivity index (χ3n) is 2.93. The number of ether oxygens (including phenoxy) is 2. The molecule has 1 amide bonds. The fraction of sp³-hybridized carbons (Fsp3) is 0.333. The van der Waals surface area contributed by atoms with Crippen molar-refractivity contribution in [1.82, 2.24) is 4.90 Å². The summed E-state index contributed by atoms with van der Waals surface area (Å²) in [5.74, 6) is -2.93. The third-order valence-corrected chi connectivity index (χ3v) is 3.24. The van der Waals surface area contributed by atoms with Crippen molar-refractivity contribution < 1.29 is 23.5 Å². The molecule has 0 spiro atoms. The molecule has 1 aliphatic heterocycles. The number of carbonyl (C=O) groups excluding carboxylic acids is 2. The predicted molar refractivity (Wildman–Crippen MR) is 77.2 cm³/mol. The molecule has 22 heavy (non-hydrogen) atoms. The van der Waals surface area contributed by atoms with Gasteiger partial charge in [-0.25, -0.2) is 9.18 Å². The van der Waals surface area contributed by atoms with E-state index in [0.29, 0.717) is 5.56 Å². The fourth-order valence-corrected chi connectivity index (χ4v) is 2.02. The van der Waals surface area contributed by atoms with Crippen molar-refractivity contribution >= 4 is 23.5 Å². The predicted octanol–water partition coefficient (Wildman–Crippen LogP) is 2.63. The number of nitrogens with zero attached hydrogens (tertiary/aromatic N) is 1. The molecule has 1 fully saturated rings. The Bertz CT molecular complexity index is 657. The lowest BCUT2D eigenvalue weighted by atomic mass is 10.2. The Labute approximate surface area is 132 Å². The van der Waals surface area contributed by atoms with Crippen LogP contribution in [0.3, 0.4) is 0 Å². The van der Waals surface area contributed by atoms with Gasteiger partial charge in [-0.15, -0.1) is 0 Å². The molecule has 7 heteroatoms. The van der Waals surface area contributed by atoms with E-state index in [1.54, 1.807) is 19.9 Å². The molecule has 0 unspecified atom stereocenters. The average molecular weight is 328 g/mol. The van der Waals surface area contributed by atoms with Crippen LogP contribution in [-0.4, -0.2) is 29.6 Å². The second-order valence-electron chi connectivity index (χ2n) is 5.34. The van der Waals surface area contributed by atoms with Gasteiger partial charge in [-0.3, -0.25) is 4.79 Å². The van der Waals surface area contributed by atoms with Crippen LogP contribution in [0.1, 0.15) is 19.4 Å². The maximum absolute atomic E-state index is 13.4. The molecule has 0 saturated carbocycles. The van der Waals surface area contributed by atoms with Gasteiger partial charge in [0.1, 0.15) is 5.82 Å². The van der Waals surface area contributed by atoms with Gasteiger partial charge in [0.15, 0.2) is 0 Å². The second-order valence-corrected chi connectivity index (χ2v) is 5.75. The highest BCUT2D eigenvalue weighted by Crippen LogP contribution is 2.26. The molecule has 0 radical (unpaired) electrons. The van der Waals surface area contributed by atoms with Gasteiger partial charge in [0.25, 0.3) is 5.91 Å². The number of halogens is 2. The van der Waals surface area contributed by atoms with Crippen molar-refractivity contribution in [3.8, 4) is 0 Å². The van der Waals surface area contributed by atoms with E-state index in [1.165, 1.54) is 24.1 Å². The lowest BCUT2D eigenvalue weighted by molar-refractivity contribution is -0.159. The smallest absolute Gasteiger partial charge is 0.377 e. The van der Waals surface area contributed by atoms with Gasteiger partial charge in [0.2, 0.25) is 11.5 Å². The largest absolute Gasteiger partial charge is 0.445 e. The quantitative estimate of drug-likeness (QED) is 0.632. The maximum atomic E-state index is 13.4. The minimum atomic E-state index is -1.08. The van der Waals surface area contributed by atoms with E-state index >= 15 is 0 Å². The number of likely N-dealkylation sites (N-methyl/N-ethyl adjacent to an activating group) is 1. The Morgan fingerprint density at radius 3 is 2.64 bits per heavy atom. The number of esters is 1. The number of hydrogen-bond donors (Lipinski definition) is 0. The van der Waals surface area contributed by atoms with Crippen LogP contribution in [0.2, 0.25) is 5.02 Å². The molecule has 5 nitrogen and oxygen atoms in total. The van der Waals surface area contributed by atoms with Crippen LogP contribution in [0.15, 0.2) is 30.0 Å². The first-order valence-electron chi connectivity index (χ1n) is 6.51. The first kappa shape index (κ1) is 16.3. The lowest BCUT2D eigenvalue weighted by Gasteiger charge is -2.16. The van der Waals surface area contributed by atoms with Crippen LogP contribution in [0.25, 0.3) is 0 Å². The van der Waals surface area contributed by atoms with E-state index < -0.39 is 23.5 Å². The Kier molecular flexibility index (Phi) is 4.42. The van der Waals surface area contributed by atoms with Crippen molar-refractivity contribution in [1.29, 1.82) is 0 Å². The Balaban J connectivity index is 2.06. The fourth-order valence-electron chi connectivity index (χ4n) is 1.90. The van der Waals surface area contributed by atoms with E-state index in [2.05, 4.69) is 0 Å². The van der Waals surface area contributed by atoms with Crippen molar-refractivity contribution in [3.05, 3.63) is 46.4 Å². The average Bonchev–Trinajstić information content (AvgIpc) is 2.66. The Morgan fingerprint density at radius 2 is 2.09 bits per heavy atom. The molecule has 0 atom stereocenters. The van der Waals surface area contributed by atoms with Gasteiger partial charge in [-0.1, -0.05) is 17.7 Å². The minimum Gasteiger partial charge on any atom is -0.445 e. The molecule has 2 rings (SSSR count). The number of amides is 1. The summed E-state index contributed by atoms with van der Waals surface area (Å²) in [5, 5.41) is 0.0178. The molecular formula is C15H15ClFNO4. The van der Waals surface area contributed by atoms with Crippen molar-refractivity contribution in [2.24, 2.45) is 0 Å². The van der Waals surface area contributed by atoms with E-state index in [-0.39, 0.29) is 17.3 Å². The molecular weight excluding hydrogens is 313 g/mol. The van der Waals surface area contributed by atoms with Crippen molar-refractivity contribution in [2.75, 3.05) is 7.05 Å². The van der Waals surface area contributed by atoms with Crippen LogP contribution < -0.4 is 0 Å². The zero-order valence-corrected chi connectivity index (χ0v) is 13.1. The Hall–Kier alpha value is -2.08. The summed E-state index contributed by atoms with van der Waals surface area (Å²) >= 11 is 5.60. The monoisotopic (exact) mass is 327 g/mol. The van der Waals surface area contributed by atoms with E-state index in [9.17, 15) is 14.0 Å². The molecule has 1 aromatic carbocycles. The van der Waals surface area contributed by atoms with Gasteiger partial charge in [0, 0.05) is 27.4 Å². The topological polar surface area (TPSA) is 55.8 Å². The molecule has 1 saturated heterocycles. The summed E-state index contributed by atoms with van der Waals surface area (Å²) in [7, 11) is 1.53. The minimum absolute atomic E-state index is 0.0178. The standard InChI is InChI=1S/C15H15ClFNO4/c1-15(2)21-12(14(20)22-15)7-13(19)18(3)8-9-4-5-10(16)11(17)6-9/h4-7H,8H2,1-3H3. The summed E-state index contributed by atoms with van der Waals surface area (Å²) in [6, 6.07) is 4.29. The van der Waals surface area contributed by atoms with Gasteiger partial charge in [0.05, 0.1) is 11.1 Å². The molecule has 0 bridgehead atoms. The van der Waals surface area contributed by atoms with E-state index in [4.69, 9.17) is 21.1 Å². The molecule has 118 valence electrons. The summed E-state index contributed by atoms with van der Waals surface area (Å²) in [4.78, 5) is 24.9. The van der Waals surface area contributed by atoms with Gasteiger partial charge in [-0.2, -0.15) is 0 Å². The first-order valence-corrected chi connectivity index (χ1v) is 6.89. The van der Waals surface area contributed by atoms with E-state index in [1.807, 2.05) is 0 Å².